The molecule has 10 heteroatoms. The topological polar surface area (TPSA) is 119 Å². The number of carbonyl (C=O) groups is 1. The van der Waals surface area contributed by atoms with E-state index < -0.39 is 27.0 Å². The molecule has 0 aliphatic rings. The molecule has 0 amide bonds. The van der Waals surface area contributed by atoms with Gasteiger partial charge in [-0.2, -0.15) is 5.26 Å². The SMILES string of the molecule is CCOC(=O)c1cn(Cc2ccccc2-c2ccccc2)c2sc(CS(=O)(=O)c3ccc(C#N)cc3)nc2c1=O. The zero-order valence-corrected chi connectivity index (χ0v) is 23.0. The average molecular weight is 570 g/mol. The predicted octanol–water partition coefficient (Wildman–Crippen LogP) is 5.20. The molecule has 0 unspecified atom stereocenters. The van der Waals surface area contributed by atoms with E-state index in [9.17, 15) is 18.0 Å². The average Bonchev–Trinajstić information content (AvgIpc) is 3.39. The fourth-order valence-corrected chi connectivity index (χ4v) is 6.99. The van der Waals surface area contributed by atoms with Gasteiger partial charge in [0, 0.05) is 12.7 Å². The second kappa shape index (κ2) is 11.3. The molecule has 2 aromatic heterocycles. The first-order valence-corrected chi connectivity index (χ1v) is 14.8. The van der Waals surface area contributed by atoms with Gasteiger partial charge in [0.1, 0.15) is 26.7 Å². The number of pyridine rings is 1. The standard InChI is InChI=1S/C30H23N3O5S2/c1-2-38-30(35)25-18-33(17-22-10-6-7-11-24(22)21-8-4-3-5-9-21)29-27(28(25)34)32-26(39-29)19-40(36,37)23-14-12-20(16-31)13-15-23/h3-15,18H,2,17,19H2,1H3. The van der Waals surface area contributed by atoms with Crippen LogP contribution in [0.15, 0.2) is 94.7 Å². The third-order valence-electron chi connectivity index (χ3n) is 6.25. The second-order valence-electron chi connectivity index (χ2n) is 8.90. The Bertz CT molecular complexity index is 1920. The highest BCUT2D eigenvalue weighted by molar-refractivity contribution is 7.90. The molecule has 0 saturated carbocycles. The first kappa shape index (κ1) is 27.0. The van der Waals surface area contributed by atoms with E-state index in [1.807, 2.05) is 60.7 Å². The summed E-state index contributed by atoms with van der Waals surface area (Å²) in [5.74, 6) is -1.20. The van der Waals surface area contributed by atoms with Gasteiger partial charge in [-0.15, -0.1) is 0 Å². The molecule has 0 aliphatic heterocycles. The van der Waals surface area contributed by atoms with Gasteiger partial charge in [-0.3, -0.25) is 4.79 Å². The Labute approximate surface area is 234 Å². The quantitative estimate of drug-likeness (QED) is 0.236. The fourth-order valence-electron chi connectivity index (χ4n) is 4.36. The molecule has 2 heterocycles. The number of nitrogens with zero attached hydrogens (tertiary/aromatic N) is 3. The number of esters is 1. The maximum atomic E-state index is 13.3. The van der Waals surface area contributed by atoms with Gasteiger partial charge in [-0.25, -0.2) is 18.2 Å². The van der Waals surface area contributed by atoms with E-state index in [1.54, 1.807) is 11.5 Å². The third kappa shape index (κ3) is 5.43. The number of fused-ring (bicyclic) bond motifs is 1. The van der Waals surface area contributed by atoms with Crippen LogP contribution in [0.2, 0.25) is 0 Å². The van der Waals surface area contributed by atoms with Gasteiger partial charge in [-0.1, -0.05) is 65.9 Å². The molecule has 0 atom stereocenters. The Hall–Kier alpha value is -4.59. The Kier molecular flexibility index (Phi) is 7.60. The molecule has 0 N–H and O–H groups in total. The summed E-state index contributed by atoms with van der Waals surface area (Å²) in [6.45, 7) is 2.05. The lowest BCUT2D eigenvalue weighted by atomic mass is 9.99. The van der Waals surface area contributed by atoms with Gasteiger partial charge in [0.2, 0.25) is 5.43 Å². The molecular weight excluding hydrogens is 546 g/mol. The van der Waals surface area contributed by atoms with Crippen LogP contribution in [0.25, 0.3) is 21.5 Å². The van der Waals surface area contributed by atoms with Crippen LogP contribution in [-0.2, 0) is 26.9 Å². The van der Waals surface area contributed by atoms with Crippen molar-refractivity contribution < 1.29 is 17.9 Å². The lowest BCUT2D eigenvalue weighted by Gasteiger charge is -2.14. The highest BCUT2D eigenvalue weighted by atomic mass is 32.2. The largest absolute Gasteiger partial charge is 0.462 e. The number of benzene rings is 3. The summed E-state index contributed by atoms with van der Waals surface area (Å²) in [6, 6.07) is 25.2. The molecule has 5 rings (SSSR count). The number of sulfone groups is 1. The molecule has 0 bridgehead atoms. The molecule has 8 nitrogen and oxygen atoms in total. The lowest BCUT2D eigenvalue weighted by Crippen LogP contribution is -2.21. The minimum Gasteiger partial charge on any atom is -0.462 e. The van der Waals surface area contributed by atoms with Crippen molar-refractivity contribution >= 4 is 37.5 Å². The number of nitriles is 1. The first-order chi connectivity index (χ1) is 19.3. The van der Waals surface area contributed by atoms with Gasteiger partial charge in [0.05, 0.1) is 23.1 Å². The summed E-state index contributed by atoms with van der Waals surface area (Å²) in [6.07, 6.45) is 1.46. The van der Waals surface area contributed by atoms with Crippen molar-refractivity contribution in [2.75, 3.05) is 6.61 Å². The molecule has 0 spiro atoms. The summed E-state index contributed by atoms with van der Waals surface area (Å²) < 4.78 is 33.1. The molecule has 200 valence electrons. The smallest absolute Gasteiger partial charge is 0.343 e. The van der Waals surface area contributed by atoms with Gasteiger partial charge in [-0.05, 0) is 47.9 Å². The van der Waals surface area contributed by atoms with Gasteiger partial charge in [0.15, 0.2) is 9.84 Å². The Balaban J connectivity index is 1.61. The monoisotopic (exact) mass is 569 g/mol. The Morgan fingerprint density at radius 2 is 1.73 bits per heavy atom. The van der Waals surface area contributed by atoms with Crippen LogP contribution >= 0.6 is 11.3 Å². The number of thiazole rings is 1. The molecule has 5 aromatic rings. The van der Waals surface area contributed by atoms with Crippen LogP contribution in [-0.4, -0.2) is 30.5 Å². The number of hydrogen-bond acceptors (Lipinski definition) is 8. The van der Waals surface area contributed by atoms with Crippen LogP contribution in [0, 0.1) is 11.3 Å². The summed E-state index contributed by atoms with van der Waals surface area (Å²) in [4.78, 5) is 30.9. The molecule has 0 radical (unpaired) electrons. The predicted molar refractivity (Wildman–Crippen MR) is 153 cm³/mol. The van der Waals surface area contributed by atoms with Crippen molar-refractivity contribution in [1.82, 2.24) is 9.55 Å². The summed E-state index contributed by atoms with van der Waals surface area (Å²) >= 11 is 1.09. The normalized spacial score (nSPS) is 11.3. The maximum Gasteiger partial charge on any atom is 0.343 e. The van der Waals surface area contributed by atoms with E-state index >= 15 is 0 Å². The van der Waals surface area contributed by atoms with Crippen LogP contribution in [0.3, 0.4) is 0 Å². The van der Waals surface area contributed by atoms with Crippen LogP contribution in [0.1, 0.15) is 33.4 Å². The van der Waals surface area contributed by atoms with E-state index in [2.05, 4.69) is 4.98 Å². The molecule has 0 saturated heterocycles. The molecule has 0 fully saturated rings. The van der Waals surface area contributed by atoms with E-state index in [4.69, 9.17) is 10.00 Å². The van der Waals surface area contributed by atoms with E-state index in [1.165, 1.54) is 30.5 Å². The number of ether oxygens (including phenoxy) is 1. The Morgan fingerprint density at radius 3 is 2.42 bits per heavy atom. The number of carbonyl (C=O) groups excluding carboxylic acids is 1. The zero-order chi connectivity index (χ0) is 28.3. The van der Waals surface area contributed by atoms with Crippen molar-refractivity contribution in [3.05, 3.63) is 117 Å². The lowest BCUT2D eigenvalue weighted by molar-refractivity contribution is 0.0524. The summed E-state index contributed by atoms with van der Waals surface area (Å²) in [7, 11) is -3.81. The molecular formula is C30H23N3O5S2. The third-order valence-corrected chi connectivity index (χ3v) is 9.17. The van der Waals surface area contributed by atoms with E-state index in [-0.39, 0.29) is 27.6 Å². The summed E-state index contributed by atoms with van der Waals surface area (Å²) in [5, 5.41) is 9.22. The fraction of sp³-hybridized carbons (Fsp3) is 0.133. The minimum atomic E-state index is -3.81. The molecule has 0 aliphatic carbocycles. The second-order valence-corrected chi connectivity index (χ2v) is 12.0. The van der Waals surface area contributed by atoms with E-state index in [0.29, 0.717) is 16.9 Å². The number of rotatable bonds is 8. The molecule has 3 aromatic carbocycles. The molecule has 40 heavy (non-hydrogen) atoms. The van der Waals surface area contributed by atoms with Gasteiger partial charge >= 0.3 is 5.97 Å². The van der Waals surface area contributed by atoms with E-state index in [0.717, 1.165) is 28.0 Å². The van der Waals surface area contributed by atoms with Crippen LogP contribution in [0.4, 0.5) is 0 Å². The summed E-state index contributed by atoms with van der Waals surface area (Å²) in [5.41, 5.74) is 2.52. The van der Waals surface area contributed by atoms with Gasteiger partial charge in [0.25, 0.3) is 0 Å². The van der Waals surface area contributed by atoms with Crippen molar-refractivity contribution in [3.63, 3.8) is 0 Å². The maximum absolute atomic E-state index is 13.3. The zero-order valence-electron chi connectivity index (χ0n) is 21.4. The van der Waals surface area contributed by atoms with Crippen molar-refractivity contribution in [3.8, 4) is 17.2 Å². The highest BCUT2D eigenvalue weighted by Crippen LogP contribution is 2.28. The number of aromatic nitrogens is 2. The van der Waals surface area contributed by atoms with Crippen LogP contribution in [0.5, 0.6) is 0 Å². The van der Waals surface area contributed by atoms with Gasteiger partial charge < -0.3 is 9.30 Å². The Morgan fingerprint density at radius 1 is 1.02 bits per heavy atom. The first-order valence-electron chi connectivity index (χ1n) is 12.4. The van der Waals surface area contributed by atoms with Crippen LogP contribution < -0.4 is 5.43 Å². The van der Waals surface area contributed by atoms with Crippen molar-refractivity contribution in [1.29, 1.82) is 5.26 Å². The number of hydrogen-bond donors (Lipinski definition) is 0. The highest BCUT2D eigenvalue weighted by Gasteiger charge is 2.23. The minimum absolute atomic E-state index is 0.0118. The van der Waals surface area contributed by atoms with Crippen molar-refractivity contribution in [2.45, 2.75) is 24.1 Å². The van der Waals surface area contributed by atoms with Crippen molar-refractivity contribution in [2.24, 2.45) is 0 Å².